The van der Waals surface area contributed by atoms with Crippen molar-refractivity contribution in [3.63, 3.8) is 0 Å². The fraction of sp³-hybridized carbons (Fsp3) is 0.867. The van der Waals surface area contributed by atoms with Gasteiger partial charge in [-0.25, -0.2) is 4.79 Å². The third kappa shape index (κ3) is 4.39. The van der Waals surface area contributed by atoms with Gasteiger partial charge in [0.1, 0.15) is 0 Å². The lowest BCUT2D eigenvalue weighted by atomic mass is 9.82. The molecule has 2 aliphatic rings. The Kier molecular flexibility index (Phi) is 5.68. The molecule has 5 heteroatoms. The summed E-state index contributed by atoms with van der Waals surface area (Å²) in [6.07, 6.45) is 8.96. The second-order valence-electron chi connectivity index (χ2n) is 6.10. The number of rotatable bonds is 4. The fourth-order valence-electron chi connectivity index (χ4n) is 3.41. The van der Waals surface area contributed by atoms with E-state index in [1.54, 1.807) is 0 Å². The highest BCUT2D eigenvalue weighted by Crippen LogP contribution is 2.28. The van der Waals surface area contributed by atoms with Crippen LogP contribution in [-0.4, -0.2) is 41.1 Å². The highest BCUT2D eigenvalue weighted by atomic mass is 16.4. The predicted molar refractivity (Wildman–Crippen MR) is 76.6 cm³/mol. The average molecular weight is 282 g/mol. The molecule has 20 heavy (non-hydrogen) atoms. The van der Waals surface area contributed by atoms with Crippen LogP contribution in [-0.2, 0) is 4.79 Å². The first-order chi connectivity index (χ1) is 9.66. The van der Waals surface area contributed by atoms with E-state index in [-0.39, 0.29) is 18.5 Å². The summed E-state index contributed by atoms with van der Waals surface area (Å²) < 4.78 is 0. The molecule has 2 N–H and O–H groups in total. The minimum absolute atomic E-state index is 0.0459. The quantitative estimate of drug-likeness (QED) is 0.832. The van der Waals surface area contributed by atoms with Gasteiger partial charge in [-0.1, -0.05) is 19.3 Å². The van der Waals surface area contributed by atoms with Gasteiger partial charge < -0.3 is 15.3 Å². The summed E-state index contributed by atoms with van der Waals surface area (Å²) in [6.45, 7) is 1.60. The standard InChI is InChI=1S/C15H26N2O3/c18-14(19)11-13(12-7-3-1-4-8-12)16-15(20)17-9-5-2-6-10-17/h12-13H,1-11H2,(H,16,20)(H,18,19). The first-order valence-electron chi connectivity index (χ1n) is 7.94. The molecule has 2 fully saturated rings. The highest BCUT2D eigenvalue weighted by molar-refractivity contribution is 5.76. The molecule has 1 saturated carbocycles. The number of hydrogen-bond acceptors (Lipinski definition) is 2. The molecule has 1 heterocycles. The molecule has 2 amide bonds. The number of amides is 2. The van der Waals surface area contributed by atoms with Gasteiger partial charge in [0.25, 0.3) is 0 Å². The van der Waals surface area contributed by atoms with Gasteiger partial charge in [0.2, 0.25) is 0 Å². The fourth-order valence-corrected chi connectivity index (χ4v) is 3.41. The van der Waals surface area contributed by atoms with Gasteiger partial charge in [-0.05, 0) is 38.0 Å². The lowest BCUT2D eigenvalue weighted by Crippen LogP contribution is -2.50. The SMILES string of the molecule is O=C(O)CC(NC(=O)N1CCCCC1)C1CCCCC1. The first-order valence-corrected chi connectivity index (χ1v) is 7.94. The number of likely N-dealkylation sites (tertiary alicyclic amines) is 1. The minimum Gasteiger partial charge on any atom is -0.481 e. The van der Waals surface area contributed by atoms with Crippen LogP contribution in [0.3, 0.4) is 0 Å². The Bertz CT molecular complexity index is 334. The number of carbonyl (C=O) groups excluding carboxylic acids is 1. The second kappa shape index (κ2) is 7.50. The summed E-state index contributed by atoms with van der Waals surface area (Å²) in [7, 11) is 0. The second-order valence-corrected chi connectivity index (χ2v) is 6.10. The van der Waals surface area contributed by atoms with Crippen molar-refractivity contribution in [2.75, 3.05) is 13.1 Å². The van der Waals surface area contributed by atoms with Crippen LogP contribution >= 0.6 is 0 Å². The number of carboxylic acids is 1. The number of piperidine rings is 1. The van der Waals surface area contributed by atoms with E-state index >= 15 is 0 Å². The molecule has 1 saturated heterocycles. The van der Waals surface area contributed by atoms with Gasteiger partial charge in [-0.3, -0.25) is 4.79 Å². The van der Waals surface area contributed by atoms with Crippen molar-refractivity contribution in [1.82, 2.24) is 10.2 Å². The summed E-state index contributed by atoms with van der Waals surface area (Å²) >= 11 is 0. The van der Waals surface area contributed by atoms with Crippen LogP contribution in [0.25, 0.3) is 0 Å². The maximum atomic E-state index is 12.3. The summed E-state index contributed by atoms with van der Waals surface area (Å²) in [6, 6.07) is -0.274. The highest BCUT2D eigenvalue weighted by Gasteiger charge is 2.28. The lowest BCUT2D eigenvalue weighted by molar-refractivity contribution is -0.137. The molecule has 1 unspecified atom stereocenters. The molecule has 0 radical (unpaired) electrons. The summed E-state index contributed by atoms with van der Waals surface area (Å²) in [5, 5.41) is 12.1. The summed E-state index contributed by atoms with van der Waals surface area (Å²) in [5.41, 5.74) is 0. The van der Waals surface area contributed by atoms with E-state index in [2.05, 4.69) is 5.32 Å². The van der Waals surface area contributed by atoms with Crippen molar-refractivity contribution in [3.8, 4) is 0 Å². The Morgan fingerprint density at radius 1 is 1.05 bits per heavy atom. The Labute approximate surface area is 120 Å². The molecule has 0 aromatic carbocycles. The molecule has 1 atom stereocenters. The van der Waals surface area contributed by atoms with Crippen molar-refractivity contribution in [2.45, 2.75) is 63.8 Å². The van der Waals surface area contributed by atoms with Crippen LogP contribution in [0.5, 0.6) is 0 Å². The molecule has 114 valence electrons. The third-order valence-electron chi connectivity index (χ3n) is 4.57. The van der Waals surface area contributed by atoms with E-state index in [1.807, 2.05) is 4.90 Å². The number of urea groups is 1. The first kappa shape index (κ1) is 15.1. The smallest absolute Gasteiger partial charge is 0.317 e. The van der Waals surface area contributed by atoms with E-state index in [4.69, 9.17) is 5.11 Å². The Morgan fingerprint density at radius 3 is 2.25 bits per heavy atom. The average Bonchev–Trinajstić information content (AvgIpc) is 2.48. The van der Waals surface area contributed by atoms with E-state index < -0.39 is 5.97 Å². The number of aliphatic carboxylic acids is 1. The zero-order valence-electron chi connectivity index (χ0n) is 12.1. The van der Waals surface area contributed by atoms with Gasteiger partial charge in [0.15, 0.2) is 0 Å². The van der Waals surface area contributed by atoms with Crippen molar-refractivity contribution in [1.29, 1.82) is 0 Å². The number of carbonyl (C=O) groups is 2. The number of nitrogens with one attached hydrogen (secondary N) is 1. The van der Waals surface area contributed by atoms with Crippen molar-refractivity contribution in [3.05, 3.63) is 0 Å². The van der Waals surface area contributed by atoms with Gasteiger partial charge in [0, 0.05) is 19.1 Å². The lowest BCUT2D eigenvalue weighted by Gasteiger charge is -2.33. The maximum absolute atomic E-state index is 12.3. The molecular formula is C15H26N2O3. The van der Waals surface area contributed by atoms with E-state index in [0.29, 0.717) is 5.92 Å². The Hall–Kier alpha value is -1.26. The van der Waals surface area contributed by atoms with Crippen LogP contribution in [0.15, 0.2) is 0 Å². The van der Waals surface area contributed by atoms with Gasteiger partial charge >= 0.3 is 12.0 Å². The number of hydrogen-bond donors (Lipinski definition) is 2. The normalized spacial score (nSPS) is 22.3. The summed E-state index contributed by atoms with van der Waals surface area (Å²) in [4.78, 5) is 25.1. The molecule has 1 aliphatic carbocycles. The van der Waals surface area contributed by atoms with Crippen LogP contribution < -0.4 is 5.32 Å². The minimum atomic E-state index is -0.820. The van der Waals surface area contributed by atoms with Gasteiger partial charge in [-0.15, -0.1) is 0 Å². The van der Waals surface area contributed by atoms with Crippen molar-refractivity contribution in [2.24, 2.45) is 5.92 Å². The third-order valence-corrected chi connectivity index (χ3v) is 4.57. The molecule has 0 bridgehead atoms. The largest absolute Gasteiger partial charge is 0.481 e. The molecule has 0 aromatic heterocycles. The van der Waals surface area contributed by atoms with Crippen LogP contribution in [0.2, 0.25) is 0 Å². The topological polar surface area (TPSA) is 69.6 Å². The molecule has 5 nitrogen and oxygen atoms in total. The molecular weight excluding hydrogens is 256 g/mol. The van der Waals surface area contributed by atoms with E-state index in [9.17, 15) is 9.59 Å². The van der Waals surface area contributed by atoms with Crippen LogP contribution in [0.1, 0.15) is 57.8 Å². The van der Waals surface area contributed by atoms with Gasteiger partial charge in [0.05, 0.1) is 6.42 Å². The van der Waals surface area contributed by atoms with E-state index in [0.717, 1.165) is 51.6 Å². The molecule has 2 rings (SSSR count). The molecule has 0 spiro atoms. The Morgan fingerprint density at radius 2 is 1.65 bits per heavy atom. The predicted octanol–water partition coefficient (Wildman–Crippen LogP) is 2.61. The zero-order valence-corrected chi connectivity index (χ0v) is 12.1. The molecule has 1 aliphatic heterocycles. The van der Waals surface area contributed by atoms with Crippen LogP contribution in [0.4, 0.5) is 4.79 Å². The monoisotopic (exact) mass is 282 g/mol. The van der Waals surface area contributed by atoms with Crippen LogP contribution in [0, 0.1) is 5.92 Å². The van der Waals surface area contributed by atoms with Crippen molar-refractivity contribution >= 4 is 12.0 Å². The van der Waals surface area contributed by atoms with Crippen molar-refractivity contribution < 1.29 is 14.7 Å². The summed E-state index contributed by atoms with van der Waals surface area (Å²) in [5.74, 6) is -0.492. The van der Waals surface area contributed by atoms with Gasteiger partial charge in [-0.2, -0.15) is 0 Å². The van der Waals surface area contributed by atoms with E-state index in [1.165, 1.54) is 12.8 Å². The number of nitrogens with zero attached hydrogens (tertiary/aromatic N) is 1. The Balaban J connectivity index is 1.91. The number of carboxylic acid groups (broad SMARTS) is 1. The zero-order chi connectivity index (χ0) is 14.4. The molecule has 0 aromatic rings. The maximum Gasteiger partial charge on any atom is 0.317 e.